The molecule has 2 aliphatic carbocycles. The second kappa shape index (κ2) is 4.82. The predicted octanol–water partition coefficient (Wildman–Crippen LogP) is 2.15. The van der Waals surface area contributed by atoms with Gasteiger partial charge in [-0.3, -0.25) is 10.0 Å². The Hall–Kier alpha value is -1.39. The molecule has 4 heteroatoms. The minimum atomic E-state index is -0.376. The smallest absolute Gasteiger partial charge is 0.274 e. The summed E-state index contributed by atoms with van der Waals surface area (Å²) in [7, 11) is 0. The van der Waals surface area contributed by atoms with Gasteiger partial charge in [0.15, 0.2) is 0 Å². The summed E-state index contributed by atoms with van der Waals surface area (Å²) in [6.45, 7) is 2.42. The number of hydroxylamine groups is 1. The molecule has 2 fully saturated rings. The third kappa shape index (κ3) is 2.27. The number of rotatable bonds is 2. The summed E-state index contributed by atoms with van der Waals surface area (Å²) >= 11 is 0. The van der Waals surface area contributed by atoms with Crippen molar-refractivity contribution in [3.8, 4) is 0 Å². The van der Waals surface area contributed by atoms with E-state index >= 15 is 0 Å². The molecule has 112 valence electrons. The van der Waals surface area contributed by atoms with E-state index in [1.54, 1.807) is 5.48 Å². The van der Waals surface area contributed by atoms with Gasteiger partial charge in [-0.05, 0) is 74.2 Å². The van der Waals surface area contributed by atoms with E-state index in [1.165, 1.54) is 44.3 Å². The zero-order valence-corrected chi connectivity index (χ0v) is 12.3. The average Bonchev–Trinajstić information content (AvgIpc) is 3.28. The van der Waals surface area contributed by atoms with Crippen LogP contribution in [0, 0.1) is 5.41 Å². The molecular weight excluding hydrogens is 264 g/mol. The molecule has 4 rings (SSSR count). The molecule has 1 aromatic carbocycles. The van der Waals surface area contributed by atoms with E-state index in [9.17, 15) is 4.79 Å². The van der Waals surface area contributed by atoms with E-state index in [-0.39, 0.29) is 5.91 Å². The third-order valence-electron chi connectivity index (χ3n) is 5.66. The van der Waals surface area contributed by atoms with Crippen molar-refractivity contribution in [2.45, 2.75) is 44.6 Å². The highest BCUT2D eigenvalue weighted by Crippen LogP contribution is 2.46. The van der Waals surface area contributed by atoms with Crippen molar-refractivity contribution in [3.63, 3.8) is 0 Å². The average molecular weight is 286 g/mol. The van der Waals surface area contributed by atoms with E-state index in [1.807, 2.05) is 12.1 Å². The van der Waals surface area contributed by atoms with Crippen LogP contribution in [0.5, 0.6) is 0 Å². The number of benzene rings is 1. The van der Waals surface area contributed by atoms with Crippen molar-refractivity contribution in [1.29, 1.82) is 0 Å². The van der Waals surface area contributed by atoms with Crippen LogP contribution in [0.25, 0.3) is 0 Å². The Morgan fingerprint density at radius 2 is 2.00 bits per heavy atom. The molecule has 1 saturated carbocycles. The minimum Gasteiger partial charge on any atom is -0.300 e. The number of hydrogen-bond acceptors (Lipinski definition) is 3. The number of fused-ring (bicyclic) bond motifs is 1. The molecule has 0 bridgehead atoms. The lowest BCUT2D eigenvalue weighted by molar-refractivity contribution is 0.0704. The molecule has 0 aromatic heterocycles. The maximum absolute atomic E-state index is 11.8. The van der Waals surface area contributed by atoms with Gasteiger partial charge in [0.05, 0.1) is 0 Å². The zero-order valence-electron chi connectivity index (χ0n) is 12.3. The Morgan fingerprint density at radius 1 is 1.24 bits per heavy atom. The first kappa shape index (κ1) is 13.3. The Morgan fingerprint density at radius 3 is 2.67 bits per heavy atom. The highest BCUT2D eigenvalue weighted by molar-refractivity contribution is 5.95. The van der Waals surface area contributed by atoms with E-state index in [2.05, 4.69) is 11.0 Å². The largest absolute Gasteiger partial charge is 0.300 e. The molecule has 1 heterocycles. The van der Waals surface area contributed by atoms with Crippen molar-refractivity contribution in [1.82, 2.24) is 10.4 Å². The molecule has 0 radical (unpaired) electrons. The molecule has 21 heavy (non-hydrogen) atoms. The molecule has 1 amide bonds. The molecule has 0 atom stereocenters. The van der Waals surface area contributed by atoms with Gasteiger partial charge in [-0.25, -0.2) is 5.48 Å². The van der Waals surface area contributed by atoms with E-state index in [0.29, 0.717) is 11.0 Å². The van der Waals surface area contributed by atoms with Crippen molar-refractivity contribution in [3.05, 3.63) is 34.9 Å². The first-order valence-electron chi connectivity index (χ1n) is 8.00. The van der Waals surface area contributed by atoms with Gasteiger partial charge in [-0.1, -0.05) is 12.1 Å². The summed E-state index contributed by atoms with van der Waals surface area (Å²) in [5, 5.41) is 8.92. The fourth-order valence-corrected chi connectivity index (χ4v) is 4.28. The van der Waals surface area contributed by atoms with Crippen LogP contribution in [0.1, 0.15) is 47.2 Å². The lowest BCUT2D eigenvalue weighted by Gasteiger charge is -2.39. The Bertz CT molecular complexity index is 572. The number of hydrogen-bond donors (Lipinski definition) is 2. The van der Waals surface area contributed by atoms with Gasteiger partial charge in [0.2, 0.25) is 0 Å². The maximum atomic E-state index is 11.8. The Balaban J connectivity index is 1.55. The van der Waals surface area contributed by atoms with Crippen molar-refractivity contribution >= 4 is 5.91 Å². The lowest BCUT2D eigenvalue weighted by Crippen LogP contribution is -2.41. The molecule has 4 nitrogen and oxygen atoms in total. The number of carbonyl (C=O) groups excluding carboxylic acids is 1. The van der Waals surface area contributed by atoms with Gasteiger partial charge in [0.1, 0.15) is 0 Å². The first-order valence-corrected chi connectivity index (χ1v) is 8.00. The molecule has 1 spiro atoms. The lowest BCUT2D eigenvalue weighted by atomic mass is 9.75. The fourth-order valence-electron chi connectivity index (χ4n) is 4.28. The molecule has 0 unspecified atom stereocenters. The molecule has 2 N–H and O–H groups in total. The first-order chi connectivity index (χ1) is 10.2. The van der Waals surface area contributed by atoms with Crippen LogP contribution < -0.4 is 5.48 Å². The van der Waals surface area contributed by atoms with Crippen LogP contribution in [0.3, 0.4) is 0 Å². The summed E-state index contributed by atoms with van der Waals surface area (Å²) in [5.74, 6) is -0.376. The van der Waals surface area contributed by atoms with E-state index < -0.39 is 0 Å². The molecule has 3 aliphatic rings. The number of likely N-dealkylation sites (tertiary alicyclic amines) is 1. The third-order valence-corrected chi connectivity index (χ3v) is 5.66. The monoisotopic (exact) mass is 286 g/mol. The van der Waals surface area contributed by atoms with Gasteiger partial charge in [-0.2, -0.15) is 0 Å². The normalized spacial score (nSPS) is 24.0. The van der Waals surface area contributed by atoms with Crippen LogP contribution in [-0.2, 0) is 12.8 Å². The van der Waals surface area contributed by atoms with Crippen molar-refractivity contribution in [2.24, 2.45) is 5.41 Å². The second-order valence-corrected chi connectivity index (χ2v) is 7.00. The topological polar surface area (TPSA) is 52.6 Å². The van der Waals surface area contributed by atoms with Crippen LogP contribution in [0.15, 0.2) is 18.2 Å². The van der Waals surface area contributed by atoms with Gasteiger partial charge >= 0.3 is 0 Å². The van der Waals surface area contributed by atoms with E-state index in [4.69, 9.17) is 5.21 Å². The number of amides is 1. The summed E-state index contributed by atoms with van der Waals surface area (Å²) in [6.07, 6.45) is 7.32. The fraction of sp³-hybridized carbons (Fsp3) is 0.588. The van der Waals surface area contributed by atoms with Gasteiger partial charge in [-0.15, -0.1) is 0 Å². The SMILES string of the molecule is O=C(NO)c1cccc2c1CC1(CCN(C3CC3)CC1)C2. The predicted molar refractivity (Wildman–Crippen MR) is 79.4 cm³/mol. The second-order valence-electron chi connectivity index (χ2n) is 7.00. The van der Waals surface area contributed by atoms with E-state index in [0.717, 1.165) is 24.4 Å². The standard InChI is InChI=1S/C17H22N2O2/c20-16(18-21)14-3-1-2-12-10-17(11-15(12)14)6-8-19(9-7-17)13-4-5-13/h1-3,13,21H,4-11H2,(H,18,20). The number of piperidine rings is 1. The number of nitrogens with zero attached hydrogens (tertiary/aromatic N) is 1. The Labute approximate surface area is 125 Å². The van der Waals surface area contributed by atoms with Gasteiger partial charge < -0.3 is 4.90 Å². The van der Waals surface area contributed by atoms with Crippen LogP contribution in [-0.4, -0.2) is 35.1 Å². The molecule has 1 saturated heterocycles. The Kier molecular flexibility index (Phi) is 3.05. The molecule has 1 aliphatic heterocycles. The summed E-state index contributed by atoms with van der Waals surface area (Å²) < 4.78 is 0. The van der Waals surface area contributed by atoms with Crippen LogP contribution in [0.2, 0.25) is 0 Å². The van der Waals surface area contributed by atoms with Crippen molar-refractivity contribution < 1.29 is 10.0 Å². The van der Waals surface area contributed by atoms with Crippen LogP contribution >= 0.6 is 0 Å². The maximum Gasteiger partial charge on any atom is 0.274 e. The van der Waals surface area contributed by atoms with Crippen molar-refractivity contribution in [2.75, 3.05) is 13.1 Å². The molecule has 1 aromatic rings. The summed E-state index contributed by atoms with van der Waals surface area (Å²) in [5.41, 5.74) is 5.24. The number of nitrogens with one attached hydrogen (secondary N) is 1. The van der Waals surface area contributed by atoms with Gasteiger partial charge in [0.25, 0.3) is 5.91 Å². The summed E-state index contributed by atoms with van der Waals surface area (Å²) in [6, 6.07) is 6.76. The van der Waals surface area contributed by atoms with Crippen LogP contribution in [0.4, 0.5) is 0 Å². The van der Waals surface area contributed by atoms with Gasteiger partial charge in [0, 0.05) is 11.6 Å². The summed E-state index contributed by atoms with van der Waals surface area (Å²) in [4.78, 5) is 14.5. The highest BCUT2D eigenvalue weighted by Gasteiger charge is 2.43. The zero-order chi connectivity index (χ0) is 14.4. The number of carbonyl (C=O) groups is 1. The molecular formula is C17H22N2O2. The highest BCUT2D eigenvalue weighted by atomic mass is 16.5. The minimum absolute atomic E-state index is 0.347. The quantitative estimate of drug-likeness (QED) is 0.647.